The third-order valence-corrected chi connectivity index (χ3v) is 5.74. The van der Waals surface area contributed by atoms with Gasteiger partial charge in [0.2, 0.25) is 0 Å². The number of benzene rings is 3. The number of aryl methyl sites for hydroxylation is 2. The van der Waals surface area contributed by atoms with E-state index in [0.29, 0.717) is 38.2 Å². The monoisotopic (exact) mass is 436 g/mol. The summed E-state index contributed by atoms with van der Waals surface area (Å²) in [5, 5.41) is 0. The van der Waals surface area contributed by atoms with Crippen molar-refractivity contribution in [3.8, 4) is 5.75 Å². The zero-order chi connectivity index (χ0) is 22.3. The van der Waals surface area contributed by atoms with Gasteiger partial charge in [-0.25, -0.2) is 0 Å². The van der Waals surface area contributed by atoms with Gasteiger partial charge in [0.25, 0.3) is 5.91 Å². The van der Waals surface area contributed by atoms with Crippen molar-refractivity contribution in [2.24, 2.45) is 0 Å². The lowest BCUT2D eigenvalue weighted by Gasteiger charge is -2.36. The summed E-state index contributed by atoms with van der Waals surface area (Å²) in [5.74, 6) is 0.257. The van der Waals surface area contributed by atoms with Crippen LogP contribution in [0.15, 0.2) is 78.9 Å². The van der Waals surface area contributed by atoms with Crippen LogP contribution in [-0.2, 0) is 12.8 Å². The van der Waals surface area contributed by atoms with Crippen molar-refractivity contribution in [1.29, 1.82) is 0 Å². The number of ether oxygens (including phenoxy) is 1. The number of anilines is 1. The molecule has 1 fully saturated rings. The highest BCUT2D eigenvalue weighted by molar-refractivity contribution is 5.94. The molecule has 6 heteroatoms. The van der Waals surface area contributed by atoms with Gasteiger partial charge in [0.1, 0.15) is 5.75 Å². The first-order chi connectivity index (χ1) is 15.6. The van der Waals surface area contributed by atoms with Gasteiger partial charge >= 0.3 is 6.61 Å². The minimum absolute atomic E-state index is 0.0366. The highest BCUT2D eigenvalue weighted by Crippen LogP contribution is 2.28. The number of alkyl halides is 2. The van der Waals surface area contributed by atoms with Crippen molar-refractivity contribution in [3.63, 3.8) is 0 Å². The quantitative estimate of drug-likeness (QED) is 0.521. The summed E-state index contributed by atoms with van der Waals surface area (Å²) in [6, 6.07) is 24.6. The summed E-state index contributed by atoms with van der Waals surface area (Å²) in [6.07, 6.45) is 1.34. The van der Waals surface area contributed by atoms with E-state index in [1.807, 2.05) is 77.7 Å². The predicted octanol–water partition coefficient (Wildman–Crippen LogP) is 5.04. The smallest absolute Gasteiger partial charge is 0.387 e. The molecule has 1 aliphatic heterocycles. The van der Waals surface area contributed by atoms with Gasteiger partial charge < -0.3 is 14.5 Å². The van der Waals surface area contributed by atoms with Crippen LogP contribution < -0.4 is 9.64 Å². The van der Waals surface area contributed by atoms with Gasteiger partial charge in [-0.3, -0.25) is 4.79 Å². The molecular formula is C26H26F2N2O2. The molecule has 4 rings (SSSR count). The Bertz CT molecular complexity index is 1020. The summed E-state index contributed by atoms with van der Waals surface area (Å²) in [6.45, 7) is -0.258. The molecule has 1 saturated heterocycles. The van der Waals surface area contributed by atoms with Crippen molar-refractivity contribution in [2.75, 3.05) is 31.1 Å². The highest BCUT2D eigenvalue weighted by Gasteiger charge is 2.23. The normalized spacial score (nSPS) is 14.0. The maximum absolute atomic E-state index is 12.9. The fourth-order valence-electron chi connectivity index (χ4n) is 4.02. The topological polar surface area (TPSA) is 32.8 Å². The van der Waals surface area contributed by atoms with E-state index in [-0.39, 0.29) is 11.7 Å². The fourth-order valence-corrected chi connectivity index (χ4v) is 4.02. The van der Waals surface area contributed by atoms with Crippen LogP contribution in [0.1, 0.15) is 21.5 Å². The number of hydrogen-bond acceptors (Lipinski definition) is 3. The van der Waals surface area contributed by atoms with Gasteiger partial charge in [-0.1, -0.05) is 48.5 Å². The number of carbonyl (C=O) groups excluding carboxylic acids is 1. The second-order valence-electron chi connectivity index (χ2n) is 7.80. The minimum atomic E-state index is -2.86. The standard InChI is InChI=1S/C26H26F2N2O2/c27-26(28)32-24-14-13-23(19-22(24)12-11-20-7-3-1-4-8-20)29-15-17-30(18-16-29)25(31)21-9-5-2-6-10-21/h1-10,13-14,19,26H,11-12,15-18H2. The van der Waals surface area contributed by atoms with Crippen molar-refractivity contribution < 1.29 is 18.3 Å². The third-order valence-electron chi connectivity index (χ3n) is 5.74. The average molecular weight is 437 g/mol. The second-order valence-corrected chi connectivity index (χ2v) is 7.80. The highest BCUT2D eigenvalue weighted by atomic mass is 19.3. The molecule has 3 aromatic carbocycles. The van der Waals surface area contributed by atoms with Crippen molar-refractivity contribution >= 4 is 11.6 Å². The van der Waals surface area contributed by atoms with Crippen LogP contribution in [-0.4, -0.2) is 43.6 Å². The number of nitrogens with zero attached hydrogens (tertiary/aromatic N) is 2. The second kappa shape index (κ2) is 10.3. The van der Waals surface area contributed by atoms with Crippen molar-refractivity contribution in [1.82, 2.24) is 4.90 Å². The number of amides is 1. The van der Waals surface area contributed by atoms with Crippen LogP contribution in [0.2, 0.25) is 0 Å². The first-order valence-corrected chi connectivity index (χ1v) is 10.8. The average Bonchev–Trinajstić information content (AvgIpc) is 2.84. The van der Waals surface area contributed by atoms with Crippen molar-refractivity contribution in [3.05, 3.63) is 95.6 Å². The lowest BCUT2D eigenvalue weighted by molar-refractivity contribution is -0.0504. The van der Waals surface area contributed by atoms with E-state index in [9.17, 15) is 13.6 Å². The lowest BCUT2D eigenvalue weighted by atomic mass is 10.0. The third kappa shape index (κ3) is 5.44. The Labute approximate surface area is 187 Å². The minimum Gasteiger partial charge on any atom is -0.435 e. The molecule has 32 heavy (non-hydrogen) atoms. The summed E-state index contributed by atoms with van der Waals surface area (Å²) in [5.41, 5.74) is 3.56. The molecule has 1 heterocycles. The van der Waals surface area contributed by atoms with Gasteiger partial charge in [0.05, 0.1) is 0 Å². The first kappa shape index (κ1) is 21.8. The Hall–Kier alpha value is -3.41. The van der Waals surface area contributed by atoms with Gasteiger partial charge in [0.15, 0.2) is 0 Å². The van der Waals surface area contributed by atoms with Gasteiger partial charge in [-0.2, -0.15) is 8.78 Å². The molecule has 0 saturated carbocycles. The molecule has 0 radical (unpaired) electrons. The largest absolute Gasteiger partial charge is 0.435 e. The maximum atomic E-state index is 12.9. The maximum Gasteiger partial charge on any atom is 0.387 e. The lowest BCUT2D eigenvalue weighted by Crippen LogP contribution is -2.48. The van der Waals surface area contributed by atoms with E-state index in [1.165, 1.54) is 0 Å². The van der Waals surface area contributed by atoms with E-state index in [4.69, 9.17) is 4.74 Å². The van der Waals surface area contributed by atoms with Crippen LogP contribution in [0.3, 0.4) is 0 Å². The molecule has 0 N–H and O–H groups in total. The molecule has 1 amide bonds. The summed E-state index contributed by atoms with van der Waals surface area (Å²) in [7, 11) is 0. The van der Waals surface area contributed by atoms with Crippen LogP contribution in [0.25, 0.3) is 0 Å². The van der Waals surface area contributed by atoms with Crippen LogP contribution >= 0.6 is 0 Å². The van der Waals surface area contributed by atoms with E-state index in [2.05, 4.69) is 4.90 Å². The summed E-state index contributed by atoms with van der Waals surface area (Å²) >= 11 is 0. The fraction of sp³-hybridized carbons (Fsp3) is 0.269. The van der Waals surface area contributed by atoms with E-state index in [1.54, 1.807) is 6.07 Å². The van der Waals surface area contributed by atoms with Crippen LogP contribution in [0.5, 0.6) is 5.75 Å². The van der Waals surface area contributed by atoms with Crippen LogP contribution in [0, 0.1) is 0 Å². The summed E-state index contributed by atoms with van der Waals surface area (Å²) < 4.78 is 30.6. The molecule has 4 nitrogen and oxygen atoms in total. The van der Waals surface area contributed by atoms with Gasteiger partial charge in [-0.15, -0.1) is 0 Å². The Morgan fingerprint density at radius 1 is 0.844 bits per heavy atom. The van der Waals surface area contributed by atoms with Crippen LogP contribution in [0.4, 0.5) is 14.5 Å². The molecule has 0 unspecified atom stereocenters. The number of carbonyl (C=O) groups is 1. The van der Waals surface area contributed by atoms with E-state index >= 15 is 0 Å². The zero-order valence-corrected chi connectivity index (χ0v) is 17.8. The predicted molar refractivity (Wildman–Crippen MR) is 121 cm³/mol. The Balaban J connectivity index is 1.44. The number of rotatable bonds is 7. The van der Waals surface area contributed by atoms with E-state index < -0.39 is 6.61 Å². The molecule has 0 bridgehead atoms. The molecule has 166 valence electrons. The molecular weight excluding hydrogens is 410 g/mol. The van der Waals surface area contributed by atoms with Crippen molar-refractivity contribution in [2.45, 2.75) is 19.5 Å². The Morgan fingerprint density at radius 3 is 2.16 bits per heavy atom. The van der Waals surface area contributed by atoms with E-state index in [0.717, 1.165) is 23.2 Å². The molecule has 0 atom stereocenters. The Kier molecular flexibility index (Phi) is 7.00. The summed E-state index contributed by atoms with van der Waals surface area (Å²) in [4.78, 5) is 16.7. The number of piperazine rings is 1. The molecule has 0 spiro atoms. The molecule has 0 aromatic heterocycles. The van der Waals surface area contributed by atoms with Gasteiger partial charge in [-0.05, 0) is 54.3 Å². The SMILES string of the molecule is O=C(c1ccccc1)N1CCN(c2ccc(OC(F)F)c(CCc3ccccc3)c2)CC1. The number of halogens is 2. The first-order valence-electron chi connectivity index (χ1n) is 10.8. The molecule has 0 aliphatic carbocycles. The Morgan fingerprint density at radius 2 is 1.50 bits per heavy atom. The molecule has 3 aromatic rings. The van der Waals surface area contributed by atoms with Gasteiger partial charge in [0, 0.05) is 37.4 Å². The zero-order valence-electron chi connectivity index (χ0n) is 17.8. The molecule has 1 aliphatic rings. The number of hydrogen-bond donors (Lipinski definition) is 0.